The first-order valence-electron chi connectivity index (χ1n) is 8.57. The SMILES string of the molecule is C=C(C)C(=O)OCC(O)COC(=O)/C=C\C(=O)OC1COC2C(C)COC12. The van der Waals surface area contributed by atoms with Gasteiger partial charge in [-0.25, -0.2) is 14.4 Å². The van der Waals surface area contributed by atoms with Gasteiger partial charge in [-0.2, -0.15) is 0 Å². The molecule has 9 heteroatoms. The van der Waals surface area contributed by atoms with Crippen molar-refractivity contribution in [3.63, 3.8) is 0 Å². The summed E-state index contributed by atoms with van der Waals surface area (Å²) in [5.74, 6) is -1.98. The largest absolute Gasteiger partial charge is 0.460 e. The summed E-state index contributed by atoms with van der Waals surface area (Å²) in [4.78, 5) is 34.5. The second-order valence-electron chi connectivity index (χ2n) is 6.54. The van der Waals surface area contributed by atoms with Gasteiger partial charge in [-0.05, 0) is 6.92 Å². The van der Waals surface area contributed by atoms with Crippen LogP contribution in [0.1, 0.15) is 13.8 Å². The summed E-state index contributed by atoms with van der Waals surface area (Å²) in [6.07, 6.45) is -0.259. The van der Waals surface area contributed by atoms with E-state index in [1.165, 1.54) is 6.92 Å². The summed E-state index contributed by atoms with van der Waals surface area (Å²) in [7, 11) is 0. The number of aliphatic hydroxyl groups is 1. The molecular weight excluding hydrogens is 360 g/mol. The highest BCUT2D eigenvalue weighted by molar-refractivity contribution is 5.91. The van der Waals surface area contributed by atoms with Crippen molar-refractivity contribution in [2.45, 2.75) is 38.3 Å². The second-order valence-corrected chi connectivity index (χ2v) is 6.54. The van der Waals surface area contributed by atoms with Gasteiger partial charge >= 0.3 is 17.9 Å². The minimum absolute atomic E-state index is 0.0859. The van der Waals surface area contributed by atoms with Crippen molar-refractivity contribution in [3.8, 4) is 0 Å². The quantitative estimate of drug-likeness (QED) is 0.348. The van der Waals surface area contributed by atoms with E-state index in [1.807, 2.05) is 6.92 Å². The van der Waals surface area contributed by atoms with Crippen molar-refractivity contribution >= 4 is 17.9 Å². The zero-order valence-electron chi connectivity index (χ0n) is 15.3. The molecule has 5 atom stereocenters. The van der Waals surface area contributed by atoms with E-state index in [2.05, 4.69) is 6.58 Å². The van der Waals surface area contributed by atoms with Crippen LogP contribution in [0.3, 0.4) is 0 Å². The van der Waals surface area contributed by atoms with Crippen LogP contribution in [0, 0.1) is 5.92 Å². The molecule has 0 radical (unpaired) electrons. The number of hydrogen-bond acceptors (Lipinski definition) is 9. The smallest absolute Gasteiger partial charge is 0.333 e. The Morgan fingerprint density at radius 2 is 1.74 bits per heavy atom. The predicted octanol–water partition coefficient (Wildman–Crippen LogP) is -0.0885. The average Bonchev–Trinajstić information content (AvgIpc) is 3.19. The van der Waals surface area contributed by atoms with Gasteiger partial charge in [0.15, 0.2) is 6.10 Å². The van der Waals surface area contributed by atoms with Crippen molar-refractivity contribution in [2.24, 2.45) is 5.92 Å². The maximum Gasteiger partial charge on any atom is 0.333 e. The standard InChI is InChI=1S/C18H24O9/c1-10(2)18(22)26-8-12(19)7-23-14(20)4-5-15(21)27-13-9-25-16-11(3)6-24-17(13)16/h4-5,11-13,16-17,19H,1,6-9H2,2-3H3/b5-4-. The van der Waals surface area contributed by atoms with Crippen LogP contribution in [0.4, 0.5) is 0 Å². The second kappa shape index (κ2) is 9.63. The van der Waals surface area contributed by atoms with Crippen LogP contribution >= 0.6 is 0 Å². The topological polar surface area (TPSA) is 118 Å². The summed E-state index contributed by atoms with van der Waals surface area (Å²) < 4.78 is 25.8. The van der Waals surface area contributed by atoms with Gasteiger partial charge in [0.2, 0.25) is 0 Å². The highest BCUT2D eigenvalue weighted by Crippen LogP contribution is 2.32. The molecule has 2 aliphatic rings. The first-order valence-corrected chi connectivity index (χ1v) is 8.57. The first-order chi connectivity index (χ1) is 12.8. The molecule has 0 aromatic rings. The molecular formula is C18H24O9. The molecule has 150 valence electrons. The van der Waals surface area contributed by atoms with Crippen LogP contribution in [0.5, 0.6) is 0 Å². The Bertz CT molecular complexity index is 612. The van der Waals surface area contributed by atoms with Crippen LogP contribution in [-0.2, 0) is 38.1 Å². The third-order valence-corrected chi connectivity index (χ3v) is 4.05. The molecule has 2 heterocycles. The average molecular weight is 384 g/mol. The van der Waals surface area contributed by atoms with Crippen molar-refractivity contribution in [1.29, 1.82) is 0 Å². The number of carbonyl (C=O) groups excluding carboxylic acids is 3. The molecule has 2 rings (SSSR count). The fourth-order valence-corrected chi connectivity index (χ4v) is 2.65. The Labute approximate surface area is 156 Å². The molecule has 0 aliphatic carbocycles. The van der Waals surface area contributed by atoms with Gasteiger partial charge in [0.1, 0.15) is 25.4 Å². The molecule has 0 amide bonds. The maximum absolute atomic E-state index is 11.8. The first kappa shape index (κ1) is 21.1. The Kier molecular flexibility index (Phi) is 7.52. The minimum Gasteiger partial charge on any atom is -0.460 e. The molecule has 9 nitrogen and oxygen atoms in total. The van der Waals surface area contributed by atoms with Gasteiger partial charge in [0.05, 0.1) is 19.3 Å². The van der Waals surface area contributed by atoms with Gasteiger partial charge in [-0.3, -0.25) is 0 Å². The van der Waals surface area contributed by atoms with Crippen LogP contribution < -0.4 is 0 Å². The molecule has 27 heavy (non-hydrogen) atoms. The van der Waals surface area contributed by atoms with E-state index in [0.717, 1.165) is 12.2 Å². The van der Waals surface area contributed by atoms with Crippen molar-refractivity contribution in [3.05, 3.63) is 24.3 Å². The van der Waals surface area contributed by atoms with Crippen molar-refractivity contribution in [1.82, 2.24) is 0 Å². The lowest BCUT2D eigenvalue weighted by Gasteiger charge is -2.15. The molecule has 2 saturated heterocycles. The zero-order valence-corrected chi connectivity index (χ0v) is 15.3. The fraction of sp³-hybridized carbons (Fsp3) is 0.611. The van der Waals surface area contributed by atoms with E-state index in [9.17, 15) is 19.5 Å². The Morgan fingerprint density at radius 1 is 1.11 bits per heavy atom. The van der Waals surface area contributed by atoms with Gasteiger partial charge < -0.3 is 28.8 Å². The summed E-state index contributed by atoms with van der Waals surface area (Å²) in [5.41, 5.74) is 0.192. The molecule has 0 aromatic carbocycles. The minimum atomic E-state index is -1.19. The van der Waals surface area contributed by atoms with E-state index in [1.54, 1.807) is 0 Å². The number of fused-ring (bicyclic) bond motifs is 1. The Balaban J connectivity index is 1.66. The third-order valence-electron chi connectivity index (χ3n) is 4.05. The summed E-state index contributed by atoms with van der Waals surface area (Å²) >= 11 is 0. The highest BCUT2D eigenvalue weighted by Gasteiger charge is 2.47. The number of esters is 3. The highest BCUT2D eigenvalue weighted by atomic mass is 16.6. The normalized spacial score (nSPS) is 27.8. The molecule has 2 aliphatic heterocycles. The van der Waals surface area contributed by atoms with Crippen LogP contribution in [0.25, 0.3) is 0 Å². The molecule has 1 N–H and O–H groups in total. The van der Waals surface area contributed by atoms with E-state index >= 15 is 0 Å². The molecule has 0 spiro atoms. The maximum atomic E-state index is 11.8. The van der Waals surface area contributed by atoms with Gasteiger partial charge in [-0.1, -0.05) is 13.5 Å². The van der Waals surface area contributed by atoms with Gasteiger partial charge in [-0.15, -0.1) is 0 Å². The molecule has 5 unspecified atom stereocenters. The van der Waals surface area contributed by atoms with Gasteiger partial charge in [0.25, 0.3) is 0 Å². The summed E-state index contributed by atoms with van der Waals surface area (Å²) in [6, 6.07) is 0. The Morgan fingerprint density at radius 3 is 2.44 bits per heavy atom. The number of aliphatic hydroxyl groups excluding tert-OH is 1. The lowest BCUT2D eigenvalue weighted by atomic mass is 10.0. The van der Waals surface area contributed by atoms with E-state index in [-0.39, 0.29) is 36.9 Å². The number of carbonyl (C=O) groups is 3. The predicted molar refractivity (Wildman–Crippen MR) is 90.4 cm³/mol. The lowest BCUT2D eigenvalue weighted by Crippen LogP contribution is -2.32. The molecule has 2 fully saturated rings. The zero-order chi connectivity index (χ0) is 20.0. The Hall–Kier alpha value is -2.23. The third kappa shape index (κ3) is 6.16. The number of ether oxygens (including phenoxy) is 5. The van der Waals surface area contributed by atoms with Crippen LogP contribution in [0.15, 0.2) is 24.3 Å². The molecule has 0 bridgehead atoms. The van der Waals surface area contributed by atoms with Crippen LogP contribution in [-0.4, -0.2) is 73.9 Å². The number of rotatable bonds is 8. The van der Waals surface area contributed by atoms with Gasteiger partial charge in [0, 0.05) is 23.6 Å². The van der Waals surface area contributed by atoms with Crippen LogP contribution in [0.2, 0.25) is 0 Å². The lowest BCUT2D eigenvalue weighted by molar-refractivity contribution is -0.149. The fourth-order valence-electron chi connectivity index (χ4n) is 2.65. The number of hydrogen-bond donors (Lipinski definition) is 1. The molecule has 0 aromatic heterocycles. The summed E-state index contributed by atoms with van der Waals surface area (Å²) in [5, 5.41) is 9.58. The van der Waals surface area contributed by atoms with Crippen molar-refractivity contribution in [2.75, 3.05) is 26.4 Å². The summed E-state index contributed by atoms with van der Waals surface area (Å²) in [6.45, 7) is 6.93. The van der Waals surface area contributed by atoms with E-state index in [4.69, 9.17) is 23.7 Å². The monoisotopic (exact) mass is 384 g/mol. The van der Waals surface area contributed by atoms with E-state index in [0.29, 0.717) is 6.61 Å². The van der Waals surface area contributed by atoms with E-state index < -0.39 is 36.7 Å². The molecule has 0 saturated carbocycles. The van der Waals surface area contributed by atoms with Crippen molar-refractivity contribution < 1.29 is 43.2 Å².